The van der Waals surface area contributed by atoms with Crippen LogP contribution in [-0.2, 0) is 19.5 Å². The lowest BCUT2D eigenvalue weighted by molar-refractivity contribution is 0.243. The number of benzene rings is 1. The van der Waals surface area contributed by atoms with Crippen LogP contribution in [0.3, 0.4) is 0 Å². The molecular formula is C25H32N4O. The average Bonchev–Trinajstić information content (AvgIpc) is 3.35. The topological polar surface area (TPSA) is 43.2 Å². The number of aryl methyl sites for hydroxylation is 2. The molecule has 0 amide bonds. The molecule has 1 atom stereocenters. The van der Waals surface area contributed by atoms with Crippen molar-refractivity contribution >= 4 is 0 Å². The van der Waals surface area contributed by atoms with Crippen molar-refractivity contribution in [3.05, 3.63) is 76.4 Å². The molecule has 0 aliphatic carbocycles. The second-order valence-electron chi connectivity index (χ2n) is 8.27. The van der Waals surface area contributed by atoms with Gasteiger partial charge in [0, 0.05) is 30.0 Å². The zero-order valence-electron chi connectivity index (χ0n) is 18.6. The van der Waals surface area contributed by atoms with E-state index in [1.807, 2.05) is 12.3 Å². The number of ether oxygens (including phenoxy) is 1. The Labute approximate surface area is 179 Å². The molecule has 3 heterocycles. The van der Waals surface area contributed by atoms with E-state index in [1.54, 1.807) is 7.11 Å². The van der Waals surface area contributed by atoms with Gasteiger partial charge in [-0.05, 0) is 82.0 Å². The van der Waals surface area contributed by atoms with E-state index in [-0.39, 0.29) is 0 Å². The van der Waals surface area contributed by atoms with Crippen molar-refractivity contribution < 1.29 is 4.74 Å². The molecule has 0 spiro atoms. The number of nitrogens with zero attached hydrogens (tertiary/aromatic N) is 4. The van der Waals surface area contributed by atoms with Crippen molar-refractivity contribution in [1.29, 1.82) is 0 Å². The number of rotatable bonds is 7. The largest absolute Gasteiger partial charge is 0.497 e. The Kier molecular flexibility index (Phi) is 6.18. The van der Waals surface area contributed by atoms with Crippen molar-refractivity contribution in [3.63, 3.8) is 0 Å². The number of aromatic nitrogens is 3. The summed E-state index contributed by atoms with van der Waals surface area (Å²) in [6.07, 6.45) is 5.30. The standard InChI is InChI=1S/C25H32N4O/c1-5-29-19(3)22(16-26-29)17-28-11-7-10-25(28)24-15-21(12-18(2)27-24)13-20-8-6-9-23(14-20)30-4/h6,8-9,12,14-16,25H,5,7,10-11,13,17H2,1-4H3/t25-/m1/s1. The SMILES string of the molecule is CCn1ncc(CN2CCC[C@@H]2c2cc(Cc3cccc(OC)c3)cc(C)n2)c1C. The van der Waals surface area contributed by atoms with Crippen molar-refractivity contribution in [1.82, 2.24) is 19.7 Å². The molecule has 0 N–H and O–H groups in total. The molecule has 1 aliphatic heterocycles. The van der Waals surface area contributed by atoms with Crippen molar-refractivity contribution in [2.24, 2.45) is 0 Å². The van der Waals surface area contributed by atoms with Gasteiger partial charge in [-0.1, -0.05) is 12.1 Å². The highest BCUT2D eigenvalue weighted by molar-refractivity contribution is 5.34. The lowest BCUT2D eigenvalue weighted by atomic mass is 10.0. The highest BCUT2D eigenvalue weighted by Gasteiger charge is 2.28. The van der Waals surface area contributed by atoms with Gasteiger partial charge in [0.05, 0.1) is 25.0 Å². The third-order valence-corrected chi connectivity index (χ3v) is 6.16. The molecule has 1 aromatic carbocycles. The van der Waals surface area contributed by atoms with Crippen molar-refractivity contribution in [3.8, 4) is 5.75 Å². The molecule has 2 aromatic heterocycles. The first kappa shape index (κ1) is 20.6. The van der Waals surface area contributed by atoms with E-state index in [4.69, 9.17) is 9.72 Å². The molecule has 3 aromatic rings. The van der Waals surface area contributed by atoms with Crippen LogP contribution in [-0.4, -0.2) is 33.3 Å². The van der Waals surface area contributed by atoms with Crippen LogP contribution in [0.15, 0.2) is 42.6 Å². The zero-order valence-corrected chi connectivity index (χ0v) is 18.6. The van der Waals surface area contributed by atoms with Crippen LogP contribution in [0.1, 0.15) is 59.6 Å². The number of hydrogen-bond donors (Lipinski definition) is 0. The fraction of sp³-hybridized carbons (Fsp3) is 0.440. The number of hydrogen-bond acceptors (Lipinski definition) is 4. The molecule has 4 rings (SSSR count). The van der Waals surface area contributed by atoms with Crippen molar-refractivity contribution in [2.45, 2.75) is 59.2 Å². The summed E-state index contributed by atoms with van der Waals surface area (Å²) in [6, 6.07) is 13.2. The van der Waals surface area contributed by atoms with Crippen LogP contribution in [0, 0.1) is 13.8 Å². The fourth-order valence-corrected chi connectivity index (χ4v) is 4.59. The Hall–Kier alpha value is -2.66. The van der Waals surface area contributed by atoms with Crippen molar-refractivity contribution in [2.75, 3.05) is 13.7 Å². The van der Waals surface area contributed by atoms with Crippen LogP contribution in [0.2, 0.25) is 0 Å². The van der Waals surface area contributed by atoms with E-state index in [1.165, 1.54) is 34.5 Å². The minimum Gasteiger partial charge on any atom is -0.497 e. The lowest BCUT2D eigenvalue weighted by Gasteiger charge is -2.24. The van der Waals surface area contributed by atoms with E-state index in [0.717, 1.165) is 43.9 Å². The molecule has 5 nitrogen and oxygen atoms in total. The van der Waals surface area contributed by atoms with Crippen LogP contribution >= 0.6 is 0 Å². The average molecular weight is 405 g/mol. The van der Waals surface area contributed by atoms with E-state index in [0.29, 0.717) is 6.04 Å². The third-order valence-electron chi connectivity index (χ3n) is 6.16. The summed E-state index contributed by atoms with van der Waals surface area (Å²) in [7, 11) is 1.72. The number of pyridine rings is 1. The first-order valence-electron chi connectivity index (χ1n) is 10.9. The van der Waals surface area contributed by atoms with Gasteiger partial charge in [-0.25, -0.2) is 0 Å². The summed E-state index contributed by atoms with van der Waals surface area (Å²) in [5.74, 6) is 0.906. The van der Waals surface area contributed by atoms with E-state index in [9.17, 15) is 0 Å². The zero-order chi connectivity index (χ0) is 21.1. The van der Waals surface area contributed by atoms with Crippen LogP contribution in [0.25, 0.3) is 0 Å². The van der Waals surface area contributed by atoms with E-state index >= 15 is 0 Å². The second-order valence-corrected chi connectivity index (χ2v) is 8.27. The normalized spacial score (nSPS) is 16.9. The van der Waals surface area contributed by atoms with Gasteiger partial charge in [0.15, 0.2) is 0 Å². The molecule has 1 aliphatic rings. The third kappa shape index (κ3) is 4.41. The molecule has 158 valence electrons. The molecular weight excluding hydrogens is 372 g/mol. The maximum Gasteiger partial charge on any atom is 0.119 e. The van der Waals surface area contributed by atoms with Gasteiger partial charge in [0.2, 0.25) is 0 Å². The Morgan fingerprint density at radius 3 is 2.77 bits per heavy atom. The van der Waals surface area contributed by atoms with E-state index in [2.05, 4.69) is 65.8 Å². The maximum absolute atomic E-state index is 5.39. The van der Waals surface area contributed by atoms with E-state index < -0.39 is 0 Å². The summed E-state index contributed by atoms with van der Waals surface area (Å²) in [6.45, 7) is 9.40. The van der Waals surface area contributed by atoms with Gasteiger partial charge in [-0.3, -0.25) is 14.6 Å². The number of likely N-dealkylation sites (tertiary alicyclic amines) is 1. The molecule has 1 fully saturated rings. The summed E-state index contributed by atoms with van der Waals surface area (Å²) in [5, 5.41) is 4.53. The lowest BCUT2D eigenvalue weighted by Crippen LogP contribution is -2.24. The Balaban J connectivity index is 1.55. The van der Waals surface area contributed by atoms with Crippen LogP contribution < -0.4 is 4.74 Å². The van der Waals surface area contributed by atoms with Gasteiger partial charge in [-0.15, -0.1) is 0 Å². The highest BCUT2D eigenvalue weighted by atomic mass is 16.5. The van der Waals surface area contributed by atoms with Gasteiger partial charge < -0.3 is 4.74 Å². The summed E-state index contributed by atoms with van der Waals surface area (Å²) in [4.78, 5) is 7.51. The Morgan fingerprint density at radius 2 is 2.00 bits per heavy atom. The molecule has 5 heteroatoms. The summed E-state index contributed by atoms with van der Waals surface area (Å²) < 4.78 is 7.47. The predicted octanol–water partition coefficient (Wildman–Crippen LogP) is 4.85. The summed E-state index contributed by atoms with van der Waals surface area (Å²) >= 11 is 0. The minimum atomic E-state index is 0.373. The minimum absolute atomic E-state index is 0.373. The quantitative estimate of drug-likeness (QED) is 0.564. The fourth-order valence-electron chi connectivity index (χ4n) is 4.59. The highest BCUT2D eigenvalue weighted by Crippen LogP contribution is 2.33. The number of methoxy groups -OCH3 is 1. The van der Waals surface area contributed by atoms with Gasteiger partial charge in [0.1, 0.15) is 5.75 Å². The smallest absolute Gasteiger partial charge is 0.119 e. The van der Waals surface area contributed by atoms with Gasteiger partial charge in [-0.2, -0.15) is 5.10 Å². The molecule has 0 unspecified atom stereocenters. The molecule has 0 saturated carbocycles. The molecule has 0 bridgehead atoms. The molecule has 30 heavy (non-hydrogen) atoms. The monoisotopic (exact) mass is 404 g/mol. The van der Waals surface area contributed by atoms with Gasteiger partial charge >= 0.3 is 0 Å². The Bertz CT molecular complexity index is 1010. The van der Waals surface area contributed by atoms with Crippen LogP contribution in [0.4, 0.5) is 0 Å². The molecule has 0 radical (unpaired) electrons. The first-order chi connectivity index (χ1) is 14.6. The second kappa shape index (κ2) is 9.00. The maximum atomic E-state index is 5.39. The van der Waals surface area contributed by atoms with Gasteiger partial charge in [0.25, 0.3) is 0 Å². The first-order valence-corrected chi connectivity index (χ1v) is 10.9. The van der Waals surface area contributed by atoms with Crippen LogP contribution in [0.5, 0.6) is 5.75 Å². The molecule has 1 saturated heterocycles. The Morgan fingerprint density at radius 1 is 1.13 bits per heavy atom. The summed E-state index contributed by atoms with van der Waals surface area (Å²) in [5.41, 5.74) is 7.47. The predicted molar refractivity (Wildman–Crippen MR) is 120 cm³/mol.